The number of carboxylic acid groups (broad SMARTS) is 4. The molecule has 0 spiro atoms. The summed E-state index contributed by atoms with van der Waals surface area (Å²) >= 11 is 0. The molecule has 0 aromatic heterocycles. The van der Waals surface area contributed by atoms with Gasteiger partial charge in [-0.2, -0.15) is 39.5 Å². The first-order valence-electron chi connectivity index (χ1n) is 15.9. The number of rotatable bonds is 14. The monoisotopic (exact) mass is 832 g/mol. The molecule has 1 aromatic carbocycles. The quantitative estimate of drug-likeness (QED) is 0.0681. The van der Waals surface area contributed by atoms with E-state index in [-0.39, 0.29) is 24.7 Å². The highest BCUT2D eigenvalue weighted by molar-refractivity contribution is 5.99. The van der Waals surface area contributed by atoms with E-state index in [2.05, 4.69) is 5.32 Å². The number of ether oxygens (including phenoxy) is 1. The van der Waals surface area contributed by atoms with E-state index in [9.17, 15) is 63.8 Å². The van der Waals surface area contributed by atoms with Crippen molar-refractivity contribution < 1.29 is 98.2 Å². The molecule has 1 saturated heterocycles. The van der Waals surface area contributed by atoms with Crippen molar-refractivity contribution >= 4 is 47.2 Å². The van der Waals surface area contributed by atoms with Gasteiger partial charge in [0.15, 0.2) is 5.78 Å². The van der Waals surface area contributed by atoms with Crippen LogP contribution in [0.4, 0.5) is 45.2 Å². The number of hydrogen-bond acceptors (Lipinski definition) is 11. The number of unbranched alkanes of at least 4 members (excludes halogenated alkanes) is 1. The van der Waals surface area contributed by atoms with Crippen LogP contribution in [0, 0.1) is 0 Å². The lowest BCUT2D eigenvalue weighted by Gasteiger charge is -2.29. The summed E-state index contributed by atoms with van der Waals surface area (Å²) in [5.74, 6) is -10.6. The van der Waals surface area contributed by atoms with Crippen molar-refractivity contribution in [3.8, 4) is 0 Å². The van der Waals surface area contributed by atoms with Crippen LogP contribution >= 0.6 is 0 Å². The van der Waals surface area contributed by atoms with Crippen LogP contribution in [0.25, 0.3) is 0 Å². The third-order valence-electron chi connectivity index (χ3n) is 6.86. The van der Waals surface area contributed by atoms with E-state index in [1.54, 1.807) is 19.1 Å². The van der Waals surface area contributed by atoms with Gasteiger partial charge in [-0.25, -0.2) is 19.2 Å². The van der Waals surface area contributed by atoms with Crippen molar-refractivity contribution in [3.05, 3.63) is 29.8 Å². The van der Waals surface area contributed by atoms with Crippen molar-refractivity contribution in [2.75, 3.05) is 38.7 Å². The maximum absolute atomic E-state index is 13.4. The number of benzene rings is 1. The molecule has 0 saturated carbocycles. The van der Waals surface area contributed by atoms with Gasteiger partial charge in [0, 0.05) is 38.3 Å². The molecule has 56 heavy (non-hydrogen) atoms. The predicted octanol–water partition coefficient (Wildman–Crippen LogP) is 3.32. The number of anilines is 1. The van der Waals surface area contributed by atoms with E-state index in [0.29, 0.717) is 50.8 Å². The topological polar surface area (TPSA) is 254 Å². The summed E-state index contributed by atoms with van der Waals surface area (Å²) < 4.78 is 100. The highest BCUT2D eigenvalue weighted by atomic mass is 19.4. The van der Waals surface area contributed by atoms with E-state index in [0.717, 1.165) is 5.69 Å². The normalized spacial score (nSPS) is 14.9. The smallest absolute Gasteiger partial charge is 0.480 e. The summed E-state index contributed by atoms with van der Waals surface area (Å²) in [7, 11) is 3.79. The van der Waals surface area contributed by atoms with E-state index >= 15 is 0 Å². The number of amides is 1. The molecule has 1 unspecified atom stereocenters. The third-order valence-corrected chi connectivity index (χ3v) is 6.86. The standard InChI is InChI=1S/C25H38N4O6.3C2HF3O2/c1-4-35-25(34)20(16-22(30)17-10-12-18(13-11-17)28(2)3)27-19(8-5-6-14-26)23(31)29-15-7-9-21(29)24(32)33;3*3-2(4,5)1(6)7/h10-13,19-21,27H,4-9,14-16,26H2,1-3H3,(H,32,33);3*(H,6,7)/t19-,20?,21-;;;/m0.../s1. The number of esters is 1. The minimum atomic E-state index is -5.08. The van der Waals surface area contributed by atoms with Crippen molar-refractivity contribution in [3.63, 3.8) is 0 Å². The fourth-order valence-corrected chi connectivity index (χ4v) is 4.20. The molecule has 0 bridgehead atoms. The van der Waals surface area contributed by atoms with Crippen LogP contribution in [0.1, 0.15) is 55.8 Å². The number of carboxylic acids is 4. The zero-order chi connectivity index (χ0) is 44.2. The maximum atomic E-state index is 13.4. The Balaban J connectivity index is 0. The molecule has 16 nitrogen and oxygen atoms in total. The number of ketones is 1. The summed E-state index contributed by atoms with van der Waals surface area (Å²) in [5, 5.41) is 33.9. The molecule has 25 heteroatoms. The summed E-state index contributed by atoms with van der Waals surface area (Å²) in [5.41, 5.74) is 6.99. The Kier molecular flexibility index (Phi) is 23.0. The Morgan fingerprint density at radius 2 is 1.27 bits per heavy atom. The second kappa shape index (κ2) is 24.3. The van der Waals surface area contributed by atoms with Gasteiger partial charge in [0.05, 0.1) is 12.6 Å². The predicted molar refractivity (Wildman–Crippen MR) is 173 cm³/mol. The number of aliphatic carboxylic acids is 4. The van der Waals surface area contributed by atoms with Gasteiger partial charge in [0.1, 0.15) is 12.1 Å². The molecule has 1 aromatic rings. The fourth-order valence-electron chi connectivity index (χ4n) is 4.20. The molecule has 1 aliphatic rings. The van der Waals surface area contributed by atoms with E-state index in [4.69, 9.17) is 40.2 Å². The first-order valence-corrected chi connectivity index (χ1v) is 15.9. The fraction of sp³-hybridized carbons (Fsp3) is 0.581. The van der Waals surface area contributed by atoms with Gasteiger partial charge in [-0.15, -0.1) is 0 Å². The number of halogens is 9. The molecule has 0 radical (unpaired) electrons. The number of hydrogen-bond donors (Lipinski definition) is 6. The number of Topliss-reactive ketones (excluding diaryl/α,β-unsaturated/α-hetero) is 1. The van der Waals surface area contributed by atoms with Crippen LogP contribution in [0.3, 0.4) is 0 Å². The van der Waals surface area contributed by atoms with Crippen molar-refractivity contribution in [2.45, 2.75) is 82.1 Å². The van der Waals surface area contributed by atoms with Crippen molar-refractivity contribution in [1.82, 2.24) is 10.2 Å². The van der Waals surface area contributed by atoms with Gasteiger partial charge in [-0.3, -0.25) is 19.7 Å². The summed E-state index contributed by atoms with van der Waals surface area (Å²) in [6, 6.07) is 4.27. The first-order chi connectivity index (χ1) is 25.5. The van der Waals surface area contributed by atoms with Crippen LogP contribution in [-0.2, 0) is 33.5 Å². The third kappa shape index (κ3) is 21.0. The average molecular weight is 833 g/mol. The van der Waals surface area contributed by atoms with Gasteiger partial charge < -0.3 is 40.7 Å². The lowest BCUT2D eigenvalue weighted by molar-refractivity contribution is -0.193. The largest absolute Gasteiger partial charge is 0.490 e. The zero-order valence-electron chi connectivity index (χ0n) is 29.8. The molecule has 2 rings (SSSR count). The molecule has 0 aliphatic carbocycles. The second-order valence-electron chi connectivity index (χ2n) is 11.3. The molecule has 3 atom stereocenters. The van der Waals surface area contributed by atoms with Crippen LogP contribution in [0.5, 0.6) is 0 Å². The van der Waals surface area contributed by atoms with Crippen molar-refractivity contribution in [1.29, 1.82) is 0 Å². The van der Waals surface area contributed by atoms with Gasteiger partial charge in [0.25, 0.3) is 0 Å². The minimum absolute atomic E-state index is 0.127. The number of nitrogens with two attached hydrogens (primary N) is 1. The van der Waals surface area contributed by atoms with E-state index in [1.807, 2.05) is 31.1 Å². The lowest BCUT2D eigenvalue weighted by Crippen LogP contribution is -2.54. The molecule has 1 amide bonds. The molecular weight excluding hydrogens is 791 g/mol. The second-order valence-corrected chi connectivity index (χ2v) is 11.3. The van der Waals surface area contributed by atoms with Gasteiger partial charge in [-0.05, 0) is 63.4 Å². The number of likely N-dealkylation sites (tertiary alicyclic amines) is 1. The number of nitrogens with one attached hydrogen (secondary N) is 1. The Morgan fingerprint density at radius 1 is 0.821 bits per heavy atom. The zero-order valence-corrected chi connectivity index (χ0v) is 29.8. The SMILES string of the molecule is CCOC(=O)C(CC(=O)c1ccc(N(C)C)cc1)N[C@@H](CCCCN)C(=O)N1CCC[C@H]1C(=O)O.O=C(O)C(F)(F)F.O=C(O)C(F)(F)F.O=C(O)C(F)(F)F. The van der Waals surface area contributed by atoms with Crippen LogP contribution in [-0.4, -0.2) is 137 Å². The van der Waals surface area contributed by atoms with Crippen LogP contribution < -0.4 is 16.0 Å². The first kappa shape index (κ1) is 52.9. The minimum Gasteiger partial charge on any atom is -0.480 e. The number of carbonyl (C=O) groups is 7. The maximum Gasteiger partial charge on any atom is 0.490 e. The highest BCUT2D eigenvalue weighted by Gasteiger charge is 2.40. The molecular formula is C31H41F9N4O12. The molecule has 7 N–H and O–H groups in total. The average Bonchev–Trinajstić information content (AvgIpc) is 3.57. The van der Waals surface area contributed by atoms with Crippen LogP contribution in [0.2, 0.25) is 0 Å². The molecule has 1 heterocycles. The number of alkyl halides is 9. The summed E-state index contributed by atoms with van der Waals surface area (Å²) in [6.45, 7) is 2.58. The van der Waals surface area contributed by atoms with Crippen LogP contribution in [0.15, 0.2) is 24.3 Å². The Morgan fingerprint density at radius 3 is 1.62 bits per heavy atom. The number of carbonyl (C=O) groups excluding carboxylic acids is 3. The van der Waals surface area contributed by atoms with Crippen molar-refractivity contribution in [2.24, 2.45) is 5.73 Å². The van der Waals surface area contributed by atoms with Gasteiger partial charge in [0.2, 0.25) is 5.91 Å². The Bertz CT molecular complexity index is 1400. The molecule has 1 fully saturated rings. The Labute approximate surface area is 312 Å². The Hall–Kier alpha value is -5.20. The summed E-state index contributed by atoms with van der Waals surface area (Å²) in [4.78, 5) is 80.7. The molecule has 1 aliphatic heterocycles. The van der Waals surface area contributed by atoms with Gasteiger partial charge >= 0.3 is 48.4 Å². The number of nitrogens with zero attached hydrogens (tertiary/aromatic N) is 2. The highest BCUT2D eigenvalue weighted by Crippen LogP contribution is 2.21. The van der Waals surface area contributed by atoms with Gasteiger partial charge in [-0.1, -0.05) is 6.42 Å². The van der Waals surface area contributed by atoms with E-state index < -0.39 is 66.5 Å². The lowest BCUT2D eigenvalue weighted by atomic mass is 10.0. The van der Waals surface area contributed by atoms with E-state index in [1.165, 1.54) is 4.90 Å². The molecule has 320 valence electrons. The summed E-state index contributed by atoms with van der Waals surface area (Å²) in [6.07, 6.45) is -12.8.